The van der Waals surface area contributed by atoms with Crippen LogP contribution >= 0.6 is 0 Å². The van der Waals surface area contributed by atoms with Gasteiger partial charge in [0.15, 0.2) is 23.1 Å². The van der Waals surface area contributed by atoms with Crippen LogP contribution in [-0.4, -0.2) is 66.5 Å². The van der Waals surface area contributed by atoms with Gasteiger partial charge in [-0.3, -0.25) is 24.0 Å². The first kappa shape index (κ1) is 33.0. The summed E-state index contributed by atoms with van der Waals surface area (Å²) < 4.78 is 66.9. The van der Waals surface area contributed by atoms with Gasteiger partial charge in [0, 0.05) is 72.9 Å². The summed E-state index contributed by atoms with van der Waals surface area (Å²) in [5, 5.41) is 3.14. The number of carbonyl (C=O) groups excluding carboxylic acids is 1. The second-order valence-electron chi connectivity index (χ2n) is 12.0. The molecule has 1 saturated heterocycles. The van der Waals surface area contributed by atoms with E-state index < -0.39 is 29.3 Å². The van der Waals surface area contributed by atoms with Crippen LogP contribution in [0.3, 0.4) is 0 Å². The number of nitrogens with one attached hydrogen (secondary N) is 1. The Morgan fingerprint density at radius 1 is 1.00 bits per heavy atom. The van der Waals surface area contributed by atoms with Crippen molar-refractivity contribution in [3.8, 4) is 34.4 Å². The number of fused-ring (bicyclic) bond motifs is 2. The van der Waals surface area contributed by atoms with Crippen molar-refractivity contribution < 1.29 is 36.9 Å². The fourth-order valence-corrected chi connectivity index (χ4v) is 6.12. The molecule has 0 unspecified atom stereocenters. The van der Waals surface area contributed by atoms with Crippen LogP contribution < -0.4 is 29.8 Å². The van der Waals surface area contributed by atoms with Gasteiger partial charge in [-0.15, -0.1) is 0 Å². The van der Waals surface area contributed by atoms with Crippen LogP contribution in [0.1, 0.15) is 28.8 Å². The number of amides is 1. The summed E-state index contributed by atoms with van der Waals surface area (Å²) >= 11 is 0. The standard InChI is InChI=1S/C37H33F3N4O6/c1-47-32-19-27-29(20-33(32)48-17-15-43-13-9-24(39)10-14-43)41-12-8-30(27)50-31-7-4-25(18-28(31)40)42-36(45)34-35-22(11-16-49-35)21-44(37(34)46)26-5-2-23(38)3-6-26/h2-8,12,18-21,24H,9-11,13-17H2,1H3,(H,42,45). The predicted molar refractivity (Wildman–Crippen MR) is 180 cm³/mol. The molecule has 50 heavy (non-hydrogen) atoms. The molecule has 2 aliphatic heterocycles. The van der Waals surface area contributed by atoms with E-state index in [0.29, 0.717) is 84.9 Å². The maximum Gasteiger partial charge on any atom is 0.271 e. The molecule has 0 bridgehead atoms. The number of carbonyl (C=O) groups is 1. The number of anilines is 1. The van der Waals surface area contributed by atoms with Crippen LogP contribution in [0.4, 0.5) is 18.9 Å². The van der Waals surface area contributed by atoms with Crippen molar-refractivity contribution in [3.05, 3.63) is 106 Å². The second kappa shape index (κ2) is 14.1. The van der Waals surface area contributed by atoms with Crippen molar-refractivity contribution in [3.63, 3.8) is 0 Å². The molecule has 0 aliphatic carbocycles. The molecule has 2 aromatic heterocycles. The van der Waals surface area contributed by atoms with Crippen molar-refractivity contribution in [2.24, 2.45) is 0 Å². The normalized spacial score (nSPS) is 14.6. The third kappa shape index (κ3) is 6.81. The minimum absolute atomic E-state index is 0.0836. The van der Waals surface area contributed by atoms with E-state index in [1.165, 1.54) is 54.3 Å². The molecule has 1 fully saturated rings. The van der Waals surface area contributed by atoms with Crippen LogP contribution in [0.15, 0.2) is 77.9 Å². The van der Waals surface area contributed by atoms with Gasteiger partial charge >= 0.3 is 0 Å². The lowest BCUT2D eigenvalue weighted by Gasteiger charge is -2.28. The number of rotatable bonds is 10. The van der Waals surface area contributed by atoms with Gasteiger partial charge in [0.05, 0.1) is 19.2 Å². The molecule has 13 heteroatoms. The SMILES string of the molecule is COc1cc2c(Oc3ccc(NC(=O)c4c5c(cn(-c6ccc(F)cc6)c4=O)CCO5)cc3F)ccnc2cc1OCCN1CCC(F)CC1. The Hall–Kier alpha value is -5.56. The number of hydrogen-bond acceptors (Lipinski definition) is 8. The maximum absolute atomic E-state index is 15.4. The van der Waals surface area contributed by atoms with Crippen molar-refractivity contribution in [1.29, 1.82) is 0 Å². The smallest absolute Gasteiger partial charge is 0.271 e. The Balaban J connectivity index is 1.08. The highest BCUT2D eigenvalue weighted by atomic mass is 19.1. The Bertz CT molecular complexity index is 2120. The first-order chi connectivity index (χ1) is 24.3. The summed E-state index contributed by atoms with van der Waals surface area (Å²) in [4.78, 5) is 33.5. The van der Waals surface area contributed by atoms with Gasteiger partial charge in [-0.1, -0.05) is 0 Å². The highest BCUT2D eigenvalue weighted by Gasteiger charge is 2.27. The van der Waals surface area contributed by atoms with E-state index >= 15 is 4.39 Å². The summed E-state index contributed by atoms with van der Waals surface area (Å²) in [6.45, 7) is 2.70. The van der Waals surface area contributed by atoms with E-state index in [9.17, 15) is 18.4 Å². The Morgan fingerprint density at radius 3 is 2.56 bits per heavy atom. The van der Waals surface area contributed by atoms with Gasteiger partial charge < -0.3 is 24.3 Å². The van der Waals surface area contributed by atoms with E-state index in [1.807, 2.05) is 0 Å². The number of alkyl halides is 1. The molecule has 4 heterocycles. The quantitative estimate of drug-likeness (QED) is 0.179. The molecule has 1 amide bonds. The van der Waals surface area contributed by atoms with E-state index in [4.69, 9.17) is 18.9 Å². The molecule has 3 aromatic carbocycles. The number of methoxy groups -OCH3 is 1. The molecule has 0 radical (unpaired) electrons. The van der Waals surface area contributed by atoms with Crippen molar-refractivity contribution in [2.45, 2.75) is 25.4 Å². The predicted octanol–water partition coefficient (Wildman–Crippen LogP) is 6.46. The molecule has 1 N–H and O–H groups in total. The van der Waals surface area contributed by atoms with Gasteiger partial charge in [-0.05, 0) is 61.4 Å². The number of aromatic nitrogens is 2. The Kier molecular flexibility index (Phi) is 9.31. The Morgan fingerprint density at radius 2 is 1.80 bits per heavy atom. The molecular weight excluding hydrogens is 653 g/mol. The highest BCUT2D eigenvalue weighted by molar-refractivity contribution is 6.06. The largest absolute Gasteiger partial charge is 0.493 e. The molecule has 0 atom stereocenters. The highest BCUT2D eigenvalue weighted by Crippen LogP contribution is 2.38. The number of halogens is 3. The summed E-state index contributed by atoms with van der Waals surface area (Å²) in [6, 6.07) is 14.2. The minimum Gasteiger partial charge on any atom is -0.493 e. The fourth-order valence-electron chi connectivity index (χ4n) is 6.12. The molecule has 0 spiro atoms. The van der Waals surface area contributed by atoms with Crippen molar-refractivity contribution in [1.82, 2.24) is 14.5 Å². The van der Waals surface area contributed by atoms with Crippen LogP contribution in [0.2, 0.25) is 0 Å². The van der Waals surface area contributed by atoms with Crippen molar-refractivity contribution >= 4 is 22.5 Å². The number of nitrogens with zero attached hydrogens (tertiary/aromatic N) is 3. The lowest BCUT2D eigenvalue weighted by atomic mass is 10.1. The minimum atomic E-state index is -0.785. The van der Waals surface area contributed by atoms with Gasteiger partial charge in [0.25, 0.3) is 11.5 Å². The van der Waals surface area contributed by atoms with E-state index in [2.05, 4.69) is 15.2 Å². The summed E-state index contributed by atoms with van der Waals surface area (Å²) in [6.07, 6.45) is 3.89. The second-order valence-corrected chi connectivity index (χ2v) is 12.0. The zero-order chi connectivity index (χ0) is 34.8. The number of ether oxygens (including phenoxy) is 4. The first-order valence-corrected chi connectivity index (χ1v) is 16.2. The average molecular weight is 687 g/mol. The number of hydrogen-bond donors (Lipinski definition) is 1. The number of piperidine rings is 1. The number of benzene rings is 3. The van der Waals surface area contributed by atoms with Gasteiger partial charge in [0.2, 0.25) is 0 Å². The zero-order valence-electron chi connectivity index (χ0n) is 27.1. The first-order valence-electron chi connectivity index (χ1n) is 16.2. The van der Waals surface area contributed by atoms with E-state index in [1.54, 1.807) is 24.4 Å². The lowest BCUT2D eigenvalue weighted by Crippen LogP contribution is -2.37. The van der Waals surface area contributed by atoms with Crippen LogP contribution in [-0.2, 0) is 6.42 Å². The number of likely N-dealkylation sites (tertiary alicyclic amines) is 1. The number of pyridine rings is 2. The lowest BCUT2D eigenvalue weighted by molar-refractivity contribution is 0.102. The van der Waals surface area contributed by atoms with Gasteiger partial charge in [-0.2, -0.15) is 0 Å². The third-order valence-corrected chi connectivity index (χ3v) is 8.76. The molecule has 2 aliphatic rings. The maximum atomic E-state index is 15.4. The molecule has 5 aromatic rings. The van der Waals surface area contributed by atoms with E-state index in [0.717, 1.165) is 6.07 Å². The molecular formula is C37H33F3N4O6. The monoisotopic (exact) mass is 686 g/mol. The molecule has 258 valence electrons. The van der Waals surface area contributed by atoms with Crippen LogP contribution in [0.25, 0.3) is 16.6 Å². The van der Waals surface area contributed by atoms with Crippen molar-refractivity contribution in [2.75, 3.05) is 45.3 Å². The topological polar surface area (TPSA) is 104 Å². The van der Waals surface area contributed by atoms with E-state index in [-0.39, 0.29) is 29.4 Å². The Labute approximate surface area is 285 Å². The van der Waals surface area contributed by atoms with Crippen LogP contribution in [0.5, 0.6) is 28.7 Å². The summed E-state index contributed by atoms with van der Waals surface area (Å²) in [7, 11) is 1.51. The van der Waals surface area contributed by atoms with Gasteiger partial charge in [0.1, 0.15) is 35.7 Å². The van der Waals surface area contributed by atoms with Crippen LogP contribution in [0, 0.1) is 11.6 Å². The fraction of sp³-hybridized carbons (Fsp3) is 0.270. The molecule has 10 nitrogen and oxygen atoms in total. The summed E-state index contributed by atoms with van der Waals surface area (Å²) in [5.41, 5.74) is 0.729. The zero-order valence-corrected chi connectivity index (χ0v) is 27.1. The average Bonchev–Trinajstić information content (AvgIpc) is 3.58. The summed E-state index contributed by atoms with van der Waals surface area (Å²) in [5.74, 6) is -0.743. The van der Waals surface area contributed by atoms with Gasteiger partial charge in [-0.25, -0.2) is 13.2 Å². The molecule has 7 rings (SSSR count). The molecule has 0 saturated carbocycles. The third-order valence-electron chi connectivity index (χ3n) is 8.76.